The molecule has 1 atom stereocenters. The summed E-state index contributed by atoms with van der Waals surface area (Å²) in [4.78, 5) is 35.0. The number of amides is 3. The summed E-state index contributed by atoms with van der Waals surface area (Å²) in [5.41, 5.74) is 1.78. The number of hydrogen-bond acceptors (Lipinski definition) is 3. The number of carbonyl (C=O) groups is 3. The fourth-order valence-electron chi connectivity index (χ4n) is 3.39. The zero-order valence-corrected chi connectivity index (χ0v) is 13.1. The number of rotatable bonds is 4. The molecule has 1 unspecified atom stereocenters. The summed E-state index contributed by atoms with van der Waals surface area (Å²) < 4.78 is 0. The second-order valence-electron chi connectivity index (χ2n) is 6.54. The van der Waals surface area contributed by atoms with E-state index in [-0.39, 0.29) is 36.0 Å². The molecule has 0 radical (unpaired) electrons. The molecule has 0 spiro atoms. The van der Waals surface area contributed by atoms with Crippen LogP contribution in [0.4, 0.5) is 5.69 Å². The van der Waals surface area contributed by atoms with Crippen LogP contribution in [-0.2, 0) is 20.8 Å². The van der Waals surface area contributed by atoms with E-state index in [0.29, 0.717) is 6.42 Å². The standard InChI is InChI=1S/C18H22N2O3/c21-16-11-14(18(23)20-16)10-12-6-8-15(9-7-12)19-17(22)13-4-2-1-3-5-13/h6-9,13-14H,1-5,10-11H2,(H,19,22)(H,20,21,23). The molecule has 1 aromatic carbocycles. The minimum atomic E-state index is -0.273. The van der Waals surface area contributed by atoms with E-state index in [0.717, 1.165) is 36.9 Å². The van der Waals surface area contributed by atoms with Crippen molar-refractivity contribution in [2.45, 2.75) is 44.9 Å². The molecule has 2 fully saturated rings. The third-order valence-electron chi connectivity index (χ3n) is 4.74. The second-order valence-corrected chi connectivity index (χ2v) is 6.54. The molecule has 1 aromatic rings. The Kier molecular flexibility index (Phi) is 4.74. The highest BCUT2D eigenvalue weighted by molar-refractivity contribution is 6.03. The smallest absolute Gasteiger partial charge is 0.230 e. The van der Waals surface area contributed by atoms with Crippen LogP contribution in [0.5, 0.6) is 0 Å². The lowest BCUT2D eigenvalue weighted by atomic mass is 9.88. The van der Waals surface area contributed by atoms with Gasteiger partial charge in [0, 0.05) is 18.0 Å². The van der Waals surface area contributed by atoms with Crippen molar-refractivity contribution < 1.29 is 14.4 Å². The molecule has 0 aromatic heterocycles. The number of hydrogen-bond donors (Lipinski definition) is 2. The van der Waals surface area contributed by atoms with Gasteiger partial charge in [0.1, 0.15) is 0 Å². The van der Waals surface area contributed by atoms with Gasteiger partial charge in [-0.1, -0.05) is 31.4 Å². The summed E-state index contributed by atoms with van der Waals surface area (Å²) in [6.45, 7) is 0. The Morgan fingerprint density at radius 1 is 1.09 bits per heavy atom. The van der Waals surface area contributed by atoms with E-state index in [1.807, 2.05) is 24.3 Å². The Labute approximate surface area is 135 Å². The monoisotopic (exact) mass is 314 g/mol. The SMILES string of the molecule is O=C1CC(Cc2ccc(NC(=O)C3CCCCC3)cc2)C(=O)N1. The number of nitrogens with one attached hydrogen (secondary N) is 2. The van der Waals surface area contributed by atoms with Crippen LogP contribution in [0.15, 0.2) is 24.3 Å². The normalized spacial score (nSPS) is 22.0. The first-order chi connectivity index (χ1) is 11.1. The summed E-state index contributed by atoms with van der Waals surface area (Å²) in [6, 6.07) is 7.55. The van der Waals surface area contributed by atoms with Gasteiger partial charge in [0.2, 0.25) is 17.7 Å². The van der Waals surface area contributed by atoms with Gasteiger partial charge in [0.15, 0.2) is 0 Å². The average molecular weight is 314 g/mol. The summed E-state index contributed by atoms with van der Waals surface area (Å²) in [7, 11) is 0. The molecule has 1 aliphatic carbocycles. The first kappa shape index (κ1) is 15.7. The van der Waals surface area contributed by atoms with Gasteiger partial charge in [-0.2, -0.15) is 0 Å². The highest BCUT2D eigenvalue weighted by Gasteiger charge is 2.30. The Morgan fingerprint density at radius 2 is 1.78 bits per heavy atom. The molecule has 3 rings (SSSR count). The summed E-state index contributed by atoms with van der Waals surface area (Å²) >= 11 is 0. The number of carbonyl (C=O) groups excluding carboxylic acids is 3. The van der Waals surface area contributed by atoms with Gasteiger partial charge >= 0.3 is 0 Å². The highest BCUT2D eigenvalue weighted by Crippen LogP contribution is 2.25. The number of imide groups is 1. The van der Waals surface area contributed by atoms with Crippen LogP contribution in [-0.4, -0.2) is 17.7 Å². The lowest BCUT2D eigenvalue weighted by molar-refractivity contribution is -0.126. The highest BCUT2D eigenvalue weighted by atomic mass is 16.2. The molecule has 3 amide bonds. The maximum absolute atomic E-state index is 12.2. The van der Waals surface area contributed by atoms with E-state index in [9.17, 15) is 14.4 Å². The molecule has 0 bridgehead atoms. The van der Waals surface area contributed by atoms with Crippen LogP contribution in [0.1, 0.15) is 44.1 Å². The average Bonchev–Trinajstić information content (AvgIpc) is 2.87. The molecule has 2 N–H and O–H groups in total. The number of anilines is 1. The molecule has 122 valence electrons. The Bertz CT molecular complexity index is 603. The van der Waals surface area contributed by atoms with E-state index < -0.39 is 0 Å². The van der Waals surface area contributed by atoms with Gasteiger partial charge in [-0.05, 0) is 37.0 Å². The minimum absolute atomic E-state index is 0.109. The van der Waals surface area contributed by atoms with Crippen molar-refractivity contribution in [3.63, 3.8) is 0 Å². The van der Waals surface area contributed by atoms with Crippen molar-refractivity contribution >= 4 is 23.4 Å². The van der Waals surface area contributed by atoms with Crippen LogP contribution in [0, 0.1) is 11.8 Å². The third-order valence-corrected chi connectivity index (χ3v) is 4.74. The van der Waals surface area contributed by atoms with Crippen molar-refractivity contribution in [1.29, 1.82) is 0 Å². The first-order valence-corrected chi connectivity index (χ1v) is 8.35. The lowest BCUT2D eigenvalue weighted by Gasteiger charge is -2.20. The molecular weight excluding hydrogens is 292 g/mol. The van der Waals surface area contributed by atoms with Crippen molar-refractivity contribution in [2.75, 3.05) is 5.32 Å². The topological polar surface area (TPSA) is 75.3 Å². The van der Waals surface area contributed by atoms with E-state index in [1.165, 1.54) is 6.42 Å². The van der Waals surface area contributed by atoms with Gasteiger partial charge in [-0.15, -0.1) is 0 Å². The van der Waals surface area contributed by atoms with E-state index in [2.05, 4.69) is 10.6 Å². The minimum Gasteiger partial charge on any atom is -0.326 e. The molecule has 5 heteroatoms. The van der Waals surface area contributed by atoms with E-state index >= 15 is 0 Å². The van der Waals surface area contributed by atoms with Crippen LogP contribution in [0.3, 0.4) is 0 Å². The van der Waals surface area contributed by atoms with Crippen molar-refractivity contribution in [2.24, 2.45) is 11.8 Å². The van der Waals surface area contributed by atoms with Crippen LogP contribution < -0.4 is 10.6 Å². The third kappa shape index (κ3) is 3.97. The Morgan fingerprint density at radius 3 is 2.39 bits per heavy atom. The van der Waals surface area contributed by atoms with Gasteiger partial charge in [-0.25, -0.2) is 0 Å². The molecule has 5 nitrogen and oxygen atoms in total. The lowest BCUT2D eigenvalue weighted by Crippen LogP contribution is -2.24. The fourth-order valence-corrected chi connectivity index (χ4v) is 3.39. The Balaban J connectivity index is 1.55. The second kappa shape index (κ2) is 6.94. The zero-order chi connectivity index (χ0) is 16.2. The maximum Gasteiger partial charge on any atom is 0.230 e. The van der Waals surface area contributed by atoms with Gasteiger partial charge < -0.3 is 5.32 Å². The first-order valence-electron chi connectivity index (χ1n) is 8.35. The van der Waals surface area contributed by atoms with Crippen LogP contribution in [0.2, 0.25) is 0 Å². The number of benzene rings is 1. The molecule has 2 aliphatic rings. The summed E-state index contributed by atoms with van der Waals surface area (Å²) in [5, 5.41) is 5.30. The summed E-state index contributed by atoms with van der Waals surface area (Å²) in [5.74, 6) is -0.416. The van der Waals surface area contributed by atoms with Gasteiger partial charge in [-0.3, -0.25) is 19.7 Å². The quantitative estimate of drug-likeness (QED) is 0.838. The maximum atomic E-state index is 12.2. The fraction of sp³-hybridized carbons (Fsp3) is 0.500. The van der Waals surface area contributed by atoms with Crippen molar-refractivity contribution in [3.8, 4) is 0 Å². The molecule has 23 heavy (non-hydrogen) atoms. The van der Waals surface area contributed by atoms with Crippen LogP contribution in [0.25, 0.3) is 0 Å². The predicted molar refractivity (Wildman–Crippen MR) is 86.6 cm³/mol. The predicted octanol–water partition coefficient (Wildman–Crippen LogP) is 2.41. The van der Waals surface area contributed by atoms with E-state index in [1.54, 1.807) is 0 Å². The molecule has 1 saturated heterocycles. The molecule has 1 saturated carbocycles. The van der Waals surface area contributed by atoms with Crippen LogP contribution >= 0.6 is 0 Å². The van der Waals surface area contributed by atoms with Crippen molar-refractivity contribution in [1.82, 2.24) is 5.32 Å². The molecular formula is C18H22N2O3. The molecule has 1 aliphatic heterocycles. The van der Waals surface area contributed by atoms with E-state index in [4.69, 9.17) is 0 Å². The largest absolute Gasteiger partial charge is 0.326 e. The Hall–Kier alpha value is -2.17. The van der Waals surface area contributed by atoms with Gasteiger partial charge in [0.05, 0.1) is 5.92 Å². The molecule has 1 heterocycles. The summed E-state index contributed by atoms with van der Waals surface area (Å²) in [6.07, 6.45) is 6.28. The van der Waals surface area contributed by atoms with Gasteiger partial charge in [0.25, 0.3) is 0 Å². The van der Waals surface area contributed by atoms with Crippen molar-refractivity contribution in [3.05, 3.63) is 29.8 Å². The zero-order valence-electron chi connectivity index (χ0n) is 13.1.